The van der Waals surface area contributed by atoms with Gasteiger partial charge in [0, 0.05) is 48.6 Å². The lowest BCUT2D eigenvalue weighted by molar-refractivity contribution is 0.174. The van der Waals surface area contributed by atoms with Crippen molar-refractivity contribution in [2.45, 2.75) is 0 Å². The van der Waals surface area contributed by atoms with Crippen LogP contribution in [-0.4, -0.2) is 43.0 Å². The Morgan fingerprint density at radius 3 is 2.44 bits per heavy atom. The molecule has 0 unspecified atom stereocenters. The first kappa shape index (κ1) is 16.3. The second-order valence-electron chi connectivity index (χ2n) is 5.95. The first-order valence-corrected chi connectivity index (χ1v) is 8.94. The number of nitrogens with zero attached hydrogens (tertiary/aromatic N) is 2. The molecule has 0 aliphatic carbocycles. The number of nitrogens with one attached hydrogen (secondary N) is 1. The summed E-state index contributed by atoms with van der Waals surface area (Å²) < 4.78 is 10.8. The number of rotatable bonds is 2. The minimum atomic E-state index is 0.303. The van der Waals surface area contributed by atoms with Gasteiger partial charge in [-0.3, -0.25) is 0 Å². The molecule has 0 saturated carbocycles. The SMILES string of the molecule is S=C(Nc1ccc(Cl)cc1)N1CCN(c2ccc3c(c2)OCO3)CC1. The zero-order valence-electron chi connectivity index (χ0n) is 13.6. The molecule has 0 radical (unpaired) electrons. The van der Waals surface area contributed by atoms with Gasteiger partial charge in [0.05, 0.1) is 0 Å². The summed E-state index contributed by atoms with van der Waals surface area (Å²) in [4.78, 5) is 4.52. The first-order chi connectivity index (χ1) is 12.2. The Morgan fingerprint density at radius 2 is 1.68 bits per heavy atom. The van der Waals surface area contributed by atoms with Crippen LogP contribution in [0, 0.1) is 0 Å². The molecule has 0 bridgehead atoms. The molecule has 0 aromatic heterocycles. The van der Waals surface area contributed by atoms with Crippen LogP contribution in [-0.2, 0) is 0 Å². The molecule has 4 rings (SSSR count). The van der Waals surface area contributed by atoms with Gasteiger partial charge in [-0.2, -0.15) is 0 Å². The molecule has 7 heteroatoms. The van der Waals surface area contributed by atoms with Gasteiger partial charge in [-0.1, -0.05) is 11.6 Å². The maximum absolute atomic E-state index is 5.91. The fourth-order valence-electron chi connectivity index (χ4n) is 2.99. The highest BCUT2D eigenvalue weighted by atomic mass is 35.5. The Labute approximate surface area is 157 Å². The van der Waals surface area contributed by atoms with Gasteiger partial charge < -0.3 is 24.6 Å². The quantitative estimate of drug-likeness (QED) is 0.808. The molecule has 0 amide bonds. The molecule has 130 valence electrons. The molecule has 1 N–H and O–H groups in total. The number of hydrogen-bond donors (Lipinski definition) is 1. The third-order valence-electron chi connectivity index (χ3n) is 4.38. The Balaban J connectivity index is 1.34. The van der Waals surface area contributed by atoms with Gasteiger partial charge in [-0.25, -0.2) is 0 Å². The van der Waals surface area contributed by atoms with Crippen LogP contribution in [0.5, 0.6) is 11.5 Å². The van der Waals surface area contributed by atoms with Gasteiger partial charge in [0.15, 0.2) is 16.6 Å². The minimum Gasteiger partial charge on any atom is -0.454 e. The van der Waals surface area contributed by atoms with E-state index in [-0.39, 0.29) is 0 Å². The summed E-state index contributed by atoms with van der Waals surface area (Å²) in [7, 11) is 0. The zero-order chi connectivity index (χ0) is 17.2. The number of fused-ring (bicyclic) bond motifs is 1. The van der Waals surface area contributed by atoms with Gasteiger partial charge in [-0.15, -0.1) is 0 Å². The van der Waals surface area contributed by atoms with Crippen molar-refractivity contribution in [3.05, 3.63) is 47.5 Å². The zero-order valence-corrected chi connectivity index (χ0v) is 15.1. The molecule has 25 heavy (non-hydrogen) atoms. The van der Waals surface area contributed by atoms with Gasteiger partial charge in [0.2, 0.25) is 6.79 Å². The van der Waals surface area contributed by atoms with Crippen molar-refractivity contribution >= 4 is 40.3 Å². The van der Waals surface area contributed by atoms with E-state index in [4.69, 9.17) is 33.3 Å². The second kappa shape index (κ2) is 6.98. The summed E-state index contributed by atoms with van der Waals surface area (Å²) in [6.07, 6.45) is 0. The lowest BCUT2D eigenvalue weighted by Crippen LogP contribution is -2.50. The Morgan fingerprint density at radius 1 is 0.960 bits per heavy atom. The van der Waals surface area contributed by atoms with Crippen molar-refractivity contribution in [3.8, 4) is 11.5 Å². The predicted octanol–water partition coefficient (Wildman–Crippen LogP) is 3.59. The Bertz CT molecular complexity index is 776. The molecule has 1 saturated heterocycles. The van der Waals surface area contributed by atoms with Crippen LogP contribution >= 0.6 is 23.8 Å². The monoisotopic (exact) mass is 375 g/mol. The lowest BCUT2D eigenvalue weighted by Gasteiger charge is -2.37. The number of hydrogen-bond acceptors (Lipinski definition) is 4. The highest BCUT2D eigenvalue weighted by molar-refractivity contribution is 7.80. The molecular weight excluding hydrogens is 358 g/mol. The first-order valence-electron chi connectivity index (χ1n) is 8.15. The van der Waals surface area contributed by atoms with Gasteiger partial charge in [-0.05, 0) is 48.6 Å². The van der Waals surface area contributed by atoms with Crippen molar-refractivity contribution in [1.82, 2.24) is 4.90 Å². The van der Waals surface area contributed by atoms with E-state index in [9.17, 15) is 0 Å². The summed E-state index contributed by atoms with van der Waals surface area (Å²) in [5, 5.41) is 4.73. The van der Waals surface area contributed by atoms with Crippen LogP contribution in [0.1, 0.15) is 0 Å². The molecule has 5 nitrogen and oxygen atoms in total. The van der Waals surface area contributed by atoms with Gasteiger partial charge in [0.25, 0.3) is 0 Å². The number of anilines is 2. The summed E-state index contributed by atoms with van der Waals surface area (Å²) in [5.41, 5.74) is 2.10. The normalized spacial score (nSPS) is 16.0. The minimum absolute atomic E-state index is 0.303. The third kappa shape index (κ3) is 3.60. The lowest BCUT2D eigenvalue weighted by atomic mass is 10.2. The highest BCUT2D eigenvalue weighted by Gasteiger charge is 2.21. The van der Waals surface area contributed by atoms with Gasteiger partial charge in [0.1, 0.15) is 0 Å². The molecule has 0 spiro atoms. The number of halogens is 1. The van der Waals surface area contributed by atoms with E-state index >= 15 is 0 Å². The number of benzene rings is 2. The summed E-state index contributed by atoms with van der Waals surface area (Å²) in [6.45, 7) is 3.85. The molecule has 2 aromatic carbocycles. The molecule has 0 atom stereocenters. The predicted molar refractivity (Wildman–Crippen MR) is 104 cm³/mol. The topological polar surface area (TPSA) is 37.0 Å². The fraction of sp³-hybridized carbons (Fsp3) is 0.278. The molecule has 2 aliphatic rings. The van der Waals surface area contributed by atoms with Crippen molar-refractivity contribution in [2.75, 3.05) is 43.2 Å². The van der Waals surface area contributed by atoms with E-state index in [2.05, 4.69) is 21.2 Å². The number of ether oxygens (including phenoxy) is 2. The smallest absolute Gasteiger partial charge is 0.231 e. The third-order valence-corrected chi connectivity index (χ3v) is 5.00. The average Bonchev–Trinajstić information content (AvgIpc) is 3.11. The van der Waals surface area contributed by atoms with E-state index < -0.39 is 0 Å². The van der Waals surface area contributed by atoms with Gasteiger partial charge >= 0.3 is 0 Å². The van der Waals surface area contributed by atoms with Crippen molar-refractivity contribution < 1.29 is 9.47 Å². The highest BCUT2D eigenvalue weighted by Crippen LogP contribution is 2.35. The molecule has 2 aliphatic heterocycles. The Kier molecular flexibility index (Phi) is 4.55. The summed E-state index contributed by atoms with van der Waals surface area (Å²) in [5.74, 6) is 1.63. The second-order valence-corrected chi connectivity index (χ2v) is 6.77. The van der Waals surface area contributed by atoms with Crippen molar-refractivity contribution in [2.24, 2.45) is 0 Å². The van der Waals surface area contributed by atoms with Crippen LogP contribution in [0.15, 0.2) is 42.5 Å². The molecule has 2 aromatic rings. The molecule has 2 heterocycles. The Hall–Kier alpha value is -2.18. The molecule has 1 fully saturated rings. The van der Waals surface area contributed by atoms with Crippen molar-refractivity contribution in [3.63, 3.8) is 0 Å². The van der Waals surface area contributed by atoms with E-state index in [0.717, 1.165) is 54.2 Å². The maximum Gasteiger partial charge on any atom is 0.231 e. The number of thiocarbonyl (C=S) groups is 1. The van der Waals surface area contributed by atoms with E-state index in [1.165, 1.54) is 0 Å². The van der Waals surface area contributed by atoms with Crippen molar-refractivity contribution in [1.29, 1.82) is 0 Å². The fourth-order valence-corrected chi connectivity index (χ4v) is 3.41. The largest absolute Gasteiger partial charge is 0.454 e. The summed E-state index contributed by atoms with van der Waals surface area (Å²) >= 11 is 11.4. The van der Waals surface area contributed by atoms with E-state index in [1.54, 1.807) is 0 Å². The van der Waals surface area contributed by atoms with E-state index in [0.29, 0.717) is 11.8 Å². The van der Waals surface area contributed by atoms with Crippen LogP contribution in [0.25, 0.3) is 0 Å². The average molecular weight is 376 g/mol. The van der Waals surface area contributed by atoms with Crippen LogP contribution < -0.4 is 19.7 Å². The number of piperazine rings is 1. The van der Waals surface area contributed by atoms with Crippen LogP contribution in [0.3, 0.4) is 0 Å². The van der Waals surface area contributed by atoms with Crippen LogP contribution in [0.2, 0.25) is 5.02 Å². The molecular formula is C18H18ClN3O2S. The van der Waals surface area contributed by atoms with Crippen LogP contribution in [0.4, 0.5) is 11.4 Å². The summed E-state index contributed by atoms with van der Waals surface area (Å²) in [6, 6.07) is 13.6. The standard InChI is InChI=1S/C18H18ClN3O2S/c19-13-1-3-14(4-2-13)20-18(25)22-9-7-21(8-10-22)15-5-6-16-17(11-15)24-12-23-16/h1-6,11H,7-10,12H2,(H,20,25). The van der Waals surface area contributed by atoms with E-state index in [1.807, 2.05) is 36.4 Å². The maximum atomic E-state index is 5.91.